The molecule has 2 rings (SSSR count). The molecular weight excluding hydrogens is 324 g/mol. The summed E-state index contributed by atoms with van der Waals surface area (Å²) in [5.74, 6) is 0.894. The molecule has 1 N–H and O–H groups in total. The van der Waals surface area contributed by atoms with Crippen LogP contribution in [0.25, 0.3) is 0 Å². The Morgan fingerprint density at radius 2 is 2.22 bits per heavy atom. The Labute approximate surface area is 137 Å². The lowest BCUT2D eigenvalue weighted by atomic mass is 10.2. The largest absolute Gasteiger partial charge is 0.474 e. The summed E-state index contributed by atoms with van der Waals surface area (Å²) in [6, 6.07) is 4.40. The van der Waals surface area contributed by atoms with E-state index in [-0.39, 0.29) is 28.4 Å². The molecule has 124 valence electrons. The number of halogens is 1. The molecule has 0 aliphatic carbocycles. The zero-order valence-electron chi connectivity index (χ0n) is 12.9. The first-order valence-corrected chi connectivity index (χ1v) is 7.38. The van der Waals surface area contributed by atoms with E-state index < -0.39 is 11.0 Å². The summed E-state index contributed by atoms with van der Waals surface area (Å²) in [6.07, 6.45) is -0.0191. The average Bonchev–Trinajstić information content (AvgIpc) is 2.97. The molecule has 9 heteroatoms. The van der Waals surface area contributed by atoms with Gasteiger partial charge in [-0.15, -0.1) is 0 Å². The van der Waals surface area contributed by atoms with E-state index in [0.717, 1.165) is 0 Å². The minimum absolute atomic E-state index is 0.0928. The van der Waals surface area contributed by atoms with Gasteiger partial charge in [0.05, 0.1) is 4.92 Å². The maximum Gasteiger partial charge on any atom is 0.312 e. The smallest absolute Gasteiger partial charge is 0.312 e. The third-order valence-corrected chi connectivity index (χ3v) is 3.47. The second-order valence-electron chi connectivity index (χ2n) is 5.07. The number of nitrogens with one attached hydrogen (secondary N) is 1. The highest BCUT2D eigenvalue weighted by Crippen LogP contribution is 2.32. The number of nitro benzene ring substituents is 1. The lowest BCUT2D eigenvalue weighted by Gasteiger charge is -2.11. The fourth-order valence-electron chi connectivity index (χ4n) is 1.87. The summed E-state index contributed by atoms with van der Waals surface area (Å²) in [5, 5.41) is 18.3. The summed E-state index contributed by atoms with van der Waals surface area (Å²) < 4.78 is 10.7. The van der Waals surface area contributed by atoms with Gasteiger partial charge >= 0.3 is 5.69 Å². The van der Waals surface area contributed by atoms with Crippen LogP contribution in [-0.4, -0.2) is 28.2 Å². The van der Waals surface area contributed by atoms with Crippen LogP contribution in [0.4, 0.5) is 5.69 Å². The SMILES string of the molecule is CNC(C)Cc1noc(C(C)Oc2ccc(Cl)cc2[N+](=O)[O-])n1. The van der Waals surface area contributed by atoms with E-state index in [9.17, 15) is 10.1 Å². The number of ether oxygens (including phenoxy) is 1. The minimum atomic E-state index is -0.624. The third kappa shape index (κ3) is 4.40. The van der Waals surface area contributed by atoms with E-state index in [4.69, 9.17) is 20.9 Å². The lowest BCUT2D eigenvalue weighted by molar-refractivity contribution is -0.386. The molecule has 0 saturated heterocycles. The summed E-state index contributed by atoms with van der Waals surface area (Å²) in [5.41, 5.74) is -0.215. The van der Waals surface area contributed by atoms with Crippen LogP contribution in [0.15, 0.2) is 22.7 Å². The minimum Gasteiger partial charge on any atom is -0.474 e. The Morgan fingerprint density at radius 3 is 2.87 bits per heavy atom. The highest BCUT2D eigenvalue weighted by molar-refractivity contribution is 6.30. The number of benzene rings is 1. The molecule has 2 atom stereocenters. The molecule has 2 aromatic rings. The predicted molar refractivity (Wildman–Crippen MR) is 83.7 cm³/mol. The normalized spacial score (nSPS) is 13.6. The van der Waals surface area contributed by atoms with Gasteiger partial charge in [-0.25, -0.2) is 0 Å². The van der Waals surface area contributed by atoms with Gasteiger partial charge in [0, 0.05) is 23.6 Å². The van der Waals surface area contributed by atoms with Crippen molar-refractivity contribution >= 4 is 17.3 Å². The van der Waals surface area contributed by atoms with Crippen molar-refractivity contribution in [2.75, 3.05) is 7.05 Å². The molecule has 23 heavy (non-hydrogen) atoms. The zero-order valence-corrected chi connectivity index (χ0v) is 13.7. The Morgan fingerprint density at radius 1 is 1.48 bits per heavy atom. The van der Waals surface area contributed by atoms with Crippen molar-refractivity contribution in [3.63, 3.8) is 0 Å². The number of likely N-dealkylation sites (N-methyl/N-ethyl adjacent to an activating group) is 1. The molecule has 0 radical (unpaired) electrons. The first kappa shape index (κ1) is 17.2. The van der Waals surface area contributed by atoms with Crippen molar-refractivity contribution in [3.8, 4) is 5.75 Å². The number of hydrogen-bond acceptors (Lipinski definition) is 7. The number of aromatic nitrogens is 2. The van der Waals surface area contributed by atoms with Crippen LogP contribution in [0.3, 0.4) is 0 Å². The first-order valence-electron chi connectivity index (χ1n) is 7.01. The Hall–Kier alpha value is -2.19. The molecule has 0 saturated carbocycles. The second kappa shape index (κ2) is 7.38. The predicted octanol–water partition coefficient (Wildman–Crippen LogP) is 2.92. The Balaban J connectivity index is 2.13. The molecule has 0 fully saturated rings. The number of hydrogen-bond donors (Lipinski definition) is 1. The maximum absolute atomic E-state index is 11.1. The average molecular weight is 341 g/mol. The lowest BCUT2D eigenvalue weighted by Crippen LogP contribution is -2.24. The maximum atomic E-state index is 11.1. The molecule has 1 heterocycles. The summed E-state index contributed by atoms with van der Waals surface area (Å²) in [4.78, 5) is 14.8. The molecule has 0 aliphatic heterocycles. The van der Waals surface area contributed by atoms with Gasteiger partial charge in [-0.1, -0.05) is 16.8 Å². The van der Waals surface area contributed by atoms with Gasteiger partial charge in [0.15, 0.2) is 17.7 Å². The van der Waals surface area contributed by atoms with Crippen molar-refractivity contribution in [2.45, 2.75) is 32.4 Å². The Kier molecular flexibility index (Phi) is 5.51. The van der Waals surface area contributed by atoms with Gasteiger partial charge in [-0.3, -0.25) is 10.1 Å². The van der Waals surface area contributed by atoms with Gasteiger partial charge < -0.3 is 14.6 Å². The van der Waals surface area contributed by atoms with Crippen molar-refractivity contribution in [3.05, 3.63) is 45.1 Å². The van der Waals surface area contributed by atoms with Crippen LogP contribution >= 0.6 is 11.6 Å². The van der Waals surface area contributed by atoms with Gasteiger partial charge in [0.2, 0.25) is 0 Å². The van der Waals surface area contributed by atoms with Crippen LogP contribution in [-0.2, 0) is 6.42 Å². The zero-order chi connectivity index (χ0) is 17.0. The quantitative estimate of drug-likeness (QED) is 0.610. The van der Waals surface area contributed by atoms with Crippen molar-refractivity contribution < 1.29 is 14.2 Å². The van der Waals surface area contributed by atoms with Crippen LogP contribution in [0.1, 0.15) is 31.7 Å². The molecular formula is C14H17ClN4O4. The van der Waals surface area contributed by atoms with E-state index in [1.807, 2.05) is 14.0 Å². The van der Waals surface area contributed by atoms with Crippen molar-refractivity contribution in [1.82, 2.24) is 15.5 Å². The van der Waals surface area contributed by atoms with Gasteiger partial charge in [0.1, 0.15) is 0 Å². The van der Waals surface area contributed by atoms with E-state index >= 15 is 0 Å². The van der Waals surface area contributed by atoms with Gasteiger partial charge in [0.25, 0.3) is 5.89 Å². The van der Waals surface area contributed by atoms with E-state index in [1.165, 1.54) is 18.2 Å². The molecule has 8 nitrogen and oxygen atoms in total. The molecule has 0 bridgehead atoms. The van der Waals surface area contributed by atoms with E-state index in [0.29, 0.717) is 12.2 Å². The first-order chi connectivity index (χ1) is 10.9. The molecule has 1 aromatic heterocycles. The molecule has 0 spiro atoms. The van der Waals surface area contributed by atoms with Crippen molar-refractivity contribution in [2.24, 2.45) is 0 Å². The summed E-state index contributed by atoms with van der Waals surface area (Å²) in [7, 11) is 1.84. The van der Waals surface area contributed by atoms with Crippen LogP contribution in [0.2, 0.25) is 5.02 Å². The fourth-order valence-corrected chi connectivity index (χ4v) is 2.03. The fraction of sp³-hybridized carbons (Fsp3) is 0.429. The Bertz CT molecular complexity index is 691. The molecule has 2 unspecified atom stereocenters. The third-order valence-electron chi connectivity index (χ3n) is 3.23. The van der Waals surface area contributed by atoms with Crippen molar-refractivity contribution in [1.29, 1.82) is 0 Å². The monoisotopic (exact) mass is 340 g/mol. The van der Waals surface area contributed by atoms with E-state index in [1.54, 1.807) is 6.92 Å². The van der Waals surface area contributed by atoms with Gasteiger partial charge in [-0.05, 0) is 33.0 Å². The second-order valence-corrected chi connectivity index (χ2v) is 5.51. The number of nitro groups is 1. The number of rotatable bonds is 7. The number of nitrogens with zero attached hydrogens (tertiary/aromatic N) is 3. The standard InChI is InChI=1S/C14H17ClN4O4/c1-8(16-3)6-13-17-14(23-18-13)9(2)22-12-5-4-10(15)7-11(12)19(20)21/h4-5,7-9,16H,6H2,1-3H3. The van der Waals surface area contributed by atoms with Crippen LogP contribution in [0, 0.1) is 10.1 Å². The molecule has 0 aliphatic rings. The molecule has 1 aromatic carbocycles. The summed E-state index contributed by atoms with van der Waals surface area (Å²) in [6.45, 7) is 3.67. The van der Waals surface area contributed by atoms with Crippen LogP contribution in [0.5, 0.6) is 5.75 Å². The van der Waals surface area contributed by atoms with Gasteiger partial charge in [-0.2, -0.15) is 4.98 Å². The highest BCUT2D eigenvalue weighted by Gasteiger charge is 2.22. The summed E-state index contributed by atoms with van der Waals surface area (Å²) >= 11 is 5.77. The highest BCUT2D eigenvalue weighted by atomic mass is 35.5. The molecule has 0 amide bonds. The topological polar surface area (TPSA) is 103 Å². The van der Waals surface area contributed by atoms with Crippen LogP contribution < -0.4 is 10.1 Å². The van der Waals surface area contributed by atoms with E-state index in [2.05, 4.69) is 15.5 Å².